The van der Waals surface area contributed by atoms with Crippen LogP contribution in [0.2, 0.25) is 0 Å². The molecule has 1 saturated carbocycles. The van der Waals surface area contributed by atoms with Crippen LogP contribution in [0.15, 0.2) is 42.5 Å². The van der Waals surface area contributed by atoms with Crippen molar-refractivity contribution in [2.75, 3.05) is 48.0 Å². The summed E-state index contributed by atoms with van der Waals surface area (Å²) in [5.41, 5.74) is 7.87. The van der Waals surface area contributed by atoms with Crippen molar-refractivity contribution in [3.8, 4) is 46.0 Å². The Morgan fingerprint density at radius 2 is 1.11 bits per heavy atom. The summed E-state index contributed by atoms with van der Waals surface area (Å²) in [5, 5.41) is 22.1. The Morgan fingerprint density at radius 1 is 0.609 bits per heavy atom. The van der Waals surface area contributed by atoms with Gasteiger partial charge in [0.15, 0.2) is 49.2 Å². The Hall–Kier alpha value is 1.66. The van der Waals surface area contributed by atoms with E-state index in [9.17, 15) is 28.7 Å². The van der Waals surface area contributed by atoms with Gasteiger partial charge in [0.25, 0.3) is 0 Å². The van der Waals surface area contributed by atoms with Gasteiger partial charge < -0.3 is 96.4 Å². The Balaban J connectivity index is 0.000000592. The molecule has 4 aromatic rings. The number of aliphatic hydroxyl groups excluding tert-OH is 2. The number of para-hydroxylation sites is 1. The Morgan fingerprint density at radius 3 is 1.62 bits per heavy atom. The molecule has 0 spiro atoms. The number of phosphoric acid groups is 3. The van der Waals surface area contributed by atoms with Gasteiger partial charge in [0.2, 0.25) is 19.3 Å². The molecule has 8 N–H and O–H groups in total. The van der Waals surface area contributed by atoms with Crippen LogP contribution in [-0.4, -0.2) is 136 Å². The molecular formula is C74H111O27P3Y6. The summed E-state index contributed by atoms with van der Waals surface area (Å²) in [6.45, 7) is 25.9. The zero-order chi connectivity index (χ0) is 76.3. The minimum atomic E-state index is -4.81. The summed E-state index contributed by atoms with van der Waals surface area (Å²) in [4.78, 5) is 67.2. The van der Waals surface area contributed by atoms with Crippen molar-refractivity contribution < 1.29 is 325 Å². The number of rotatable bonds is 31. The van der Waals surface area contributed by atoms with Gasteiger partial charge in [0.1, 0.15) is 53.0 Å². The number of Topliss-reactive ketones (excluding diaryl/α,β-unsaturated/α-hetero) is 1. The molecule has 10 rings (SSSR count). The first-order valence-corrected chi connectivity index (χ1v) is 40.6. The predicted octanol–water partition coefficient (Wildman–Crippen LogP) is 13.8. The molecule has 110 heavy (non-hydrogen) atoms. The second-order valence-electron chi connectivity index (χ2n) is 29.5. The zero-order valence-electron chi connectivity index (χ0n) is 66.1. The van der Waals surface area contributed by atoms with E-state index in [1.165, 1.54) is 65.6 Å². The van der Waals surface area contributed by atoms with Crippen LogP contribution in [0.1, 0.15) is 220 Å². The molecule has 0 aromatic heterocycles. The summed E-state index contributed by atoms with van der Waals surface area (Å²) >= 11 is 0. The average Bonchev–Trinajstić information content (AvgIpc) is 1.26. The minimum absolute atomic E-state index is 0. The zero-order valence-corrected chi connectivity index (χ0v) is 85.8. The summed E-state index contributed by atoms with van der Waals surface area (Å²) in [5.74, 6) is 5.01. The molecule has 9 unspecified atom stereocenters. The predicted molar refractivity (Wildman–Crippen MR) is 383 cm³/mol. The maximum absolute atomic E-state index is 13.8. The molecule has 4 heterocycles. The molecule has 0 bridgehead atoms. The molecule has 2 aliphatic carbocycles. The van der Waals surface area contributed by atoms with Gasteiger partial charge >= 0.3 is 23.5 Å². The Kier molecular flexibility index (Phi) is 48.1. The summed E-state index contributed by atoms with van der Waals surface area (Å²) in [6, 6.07) is 12.8. The van der Waals surface area contributed by atoms with E-state index in [1.807, 2.05) is 78.8 Å². The largest absolute Gasteiger partial charge is 0.493 e. The number of phosphoric ester groups is 3. The third-order valence-electron chi connectivity index (χ3n) is 20.6. The second-order valence-corrected chi connectivity index (χ2v) is 33.2. The summed E-state index contributed by atoms with van der Waals surface area (Å²) in [6.07, 6.45) is 7.38. The van der Waals surface area contributed by atoms with Crippen molar-refractivity contribution in [3.63, 3.8) is 0 Å². The van der Waals surface area contributed by atoms with E-state index >= 15 is 0 Å². The van der Waals surface area contributed by atoms with Gasteiger partial charge in [0.05, 0.1) is 26.9 Å². The molecule has 6 aliphatic rings. The smallest absolute Gasteiger partial charge is 0.472 e. The van der Waals surface area contributed by atoms with Crippen LogP contribution in [0.4, 0.5) is 0 Å². The van der Waals surface area contributed by atoms with E-state index in [-0.39, 0.29) is 262 Å². The number of carbonyl (C=O) groups excluding carboxylic acids is 1. The minimum Gasteiger partial charge on any atom is -0.493 e. The van der Waals surface area contributed by atoms with E-state index in [4.69, 9.17) is 86.2 Å². The number of aliphatic hydroxyl groups is 2. The van der Waals surface area contributed by atoms with Crippen molar-refractivity contribution in [1.82, 2.24) is 0 Å². The summed E-state index contributed by atoms with van der Waals surface area (Å²) in [7, 11) is -11.1. The Bertz CT molecular complexity index is 3640. The fourth-order valence-electron chi connectivity index (χ4n) is 14.9. The van der Waals surface area contributed by atoms with Gasteiger partial charge in [-0.2, -0.15) is 0 Å². The number of benzene rings is 4. The number of hydrogen-bond donors (Lipinski definition) is 8. The average molecular weight is 2060 g/mol. The molecule has 6 radical (unpaired) electrons. The van der Waals surface area contributed by atoms with Crippen LogP contribution in [0.3, 0.4) is 0 Å². The number of fused-ring (bicyclic) bond motifs is 5. The molecule has 4 aromatic carbocycles. The van der Waals surface area contributed by atoms with Crippen molar-refractivity contribution in [2.24, 2.45) is 29.6 Å². The van der Waals surface area contributed by atoms with Gasteiger partial charge in [-0.05, 0) is 165 Å². The Labute approximate surface area is 799 Å². The van der Waals surface area contributed by atoms with Crippen LogP contribution < -0.4 is 37.9 Å². The normalized spacial score (nSPS) is 23.4. The monoisotopic (exact) mass is 2060 g/mol. The van der Waals surface area contributed by atoms with Gasteiger partial charge in [-0.25, -0.2) is 27.3 Å². The van der Waals surface area contributed by atoms with Crippen molar-refractivity contribution >= 4 is 29.3 Å². The fraction of sp³-hybridized carbons (Fsp3) is 0.662. The molecule has 0 amide bonds. The van der Waals surface area contributed by atoms with Crippen molar-refractivity contribution in [3.05, 3.63) is 92.5 Å². The van der Waals surface area contributed by atoms with Gasteiger partial charge in [-0.3, -0.25) is 4.79 Å². The second kappa shape index (κ2) is 49.1. The first kappa shape index (κ1) is 108. The van der Waals surface area contributed by atoms with E-state index in [0.717, 1.165) is 76.1 Å². The topological polar surface area (TPSA) is 369 Å². The number of methoxy groups -OCH3 is 2. The van der Waals surface area contributed by atoms with E-state index < -0.39 is 98.8 Å². The third-order valence-corrected chi connectivity index (χ3v) is 21.9. The van der Waals surface area contributed by atoms with Crippen LogP contribution in [0, 0.1) is 50.4 Å². The maximum atomic E-state index is 13.8. The molecular weight excluding hydrogens is 1950 g/mol. The molecule has 27 nitrogen and oxygen atoms in total. The first-order chi connectivity index (χ1) is 48.9. The number of ketones is 1. The van der Waals surface area contributed by atoms with Crippen molar-refractivity contribution in [2.45, 2.75) is 240 Å². The third kappa shape index (κ3) is 30.3. The molecule has 2 saturated heterocycles. The molecule has 602 valence electrons. The number of hydrogen-bond acceptors (Lipinski definition) is 21. The first-order valence-electron chi connectivity index (χ1n) is 36.0. The molecule has 13 atom stereocenters. The van der Waals surface area contributed by atoms with Crippen LogP contribution in [-0.2, 0) is 254 Å². The van der Waals surface area contributed by atoms with E-state index in [1.54, 1.807) is 19.1 Å². The van der Waals surface area contributed by atoms with Gasteiger partial charge in [0, 0.05) is 226 Å². The van der Waals surface area contributed by atoms with Crippen LogP contribution in [0.5, 0.6) is 46.0 Å². The molecule has 4 aliphatic heterocycles. The van der Waals surface area contributed by atoms with Gasteiger partial charge in [-0.1, -0.05) is 119 Å². The molecule has 36 heteroatoms. The van der Waals surface area contributed by atoms with E-state index in [0.29, 0.717) is 46.1 Å². The summed E-state index contributed by atoms with van der Waals surface area (Å²) < 4.78 is 116. The van der Waals surface area contributed by atoms with Crippen LogP contribution >= 0.6 is 23.5 Å². The van der Waals surface area contributed by atoms with Crippen LogP contribution in [0.25, 0.3) is 0 Å². The van der Waals surface area contributed by atoms with E-state index in [2.05, 4.69) is 48.2 Å². The van der Waals surface area contributed by atoms with Gasteiger partial charge in [-0.15, -0.1) is 0 Å². The number of ether oxygens (including phenoxy) is 12. The van der Waals surface area contributed by atoms with Crippen molar-refractivity contribution in [1.29, 1.82) is 0 Å². The standard InChI is InChI=1S/C31H37O16P.C30H53O6P.C13H21O5P.6Y/c1-13-40-10-23-30(45-13)26(33)27(34)31(46-23)47-28-15-4-5-18(32)25(15)24(16-8-19-20(9-17(16)28)42-11-41-19)14-6-21(38-2)29(22(7-14)39-3)43-12-44-48(35,36)37;1-21(2)12-9-13-22(3)14-10-15-23(4)16-11-18-30(8)19-17-27-26(7)28(34-20-35-37(31,32)33)24(5)25(6)29(27)36-30;1-9(2)11-6-5-7-12(10(3)4)13(11)17-8-18-19(14,15)16;;;;;;/h6-9,13,15,23-28,30-31,33-34H,4-5,10-12H2,1-3H3,(H2,35,36,37);21-23H,9-20H2,1-8H3,(H2,31,32,33);5-7,9-10H,8H2,1-4H3,(H2,14,15,16);;;;;;/t13?,15-,23+,24+,25+,26?,27?,28?,30?,31?;;;;;;;;/m0......../s1. The number of carbonyl (C=O) groups is 1. The quantitative estimate of drug-likeness (QED) is 0.0171. The SMILES string of the molecule is CC(C)c1cccc(C(C)C)c1OCOP(=O)(O)O.COc1cc([C@@H]2c3cc4c(cc3C(OC3O[C@@H]5COC(C)OC5C(O)C3O)[C@H]3CCC(=O)[C@H]23)OCO4)cc(OC)c1OCOP(=O)(O)O.Cc1c(C)c2c(c(C)c1OCOP(=O)(O)O)CCC(C)(CCCC(C)CCCC(C)CCCC(C)C)O2.[Y].[Y].[Y].[Y].[Y].[Y]. The maximum Gasteiger partial charge on any atom is 0.472 e. The molecule has 3 fully saturated rings. The fourth-order valence-corrected chi connectivity index (χ4v) is 15.5.